The zero-order valence-corrected chi connectivity index (χ0v) is 18.8. The van der Waals surface area contributed by atoms with Crippen LogP contribution in [0.5, 0.6) is 0 Å². The molecule has 0 aliphatic rings. The molecule has 0 aliphatic heterocycles. The van der Waals surface area contributed by atoms with Crippen LogP contribution in [0.15, 0.2) is 0 Å². The van der Waals surface area contributed by atoms with Gasteiger partial charge in [0.2, 0.25) is 0 Å². The number of rotatable bonds is 14. The quantitative estimate of drug-likeness (QED) is 0.369. The van der Waals surface area contributed by atoms with Crippen molar-refractivity contribution in [3.8, 4) is 0 Å². The molecule has 2 unspecified atom stereocenters. The normalized spacial score (nSPS) is 13.5. The largest absolute Gasteiger partial charge is 0.465 e. The number of ether oxygens (including phenoxy) is 2. The highest BCUT2D eigenvalue weighted by Crippen LogP contribution is 2.17. The van der Waals surface area contributed by atoms with Gasteiger partial charge in [0.25, 0.3) is 0 Å². The summed E-state index contributed by atoms with van der Waals surface area (Å²) in [6, 6.07) is 0. The zero-order chi connectivity index (χ0) is 20.8. The Morgan fingerprint density at radius 1 is 0.889 bits per heavy atom. The van der Waals surface area contributed by atoms with E-state index in [1.54, 1.807) is 4.90 Å². The van der Waals surface area contributed by atoms with Crippen LogP contribution in [0, 0.1) is 23.7 Å². The lowest BCUT2D eigenvalue weighted by Crippen LogP contribution is -2.39. The van der Waals surface area contributed by atoms with Gasteiger partial charge in [-0.25, -0.2) is 4.79 Å². The van der Waals surface area contributed by atoms with E-state index in [-0.39, 0.29) is 18.0 Å². The monoisotopic (exact) mass is 385 g/mol. The Bertz CT molecular complexity index is 409. The van der Waals surface area contributed by atoms with Gasteiger partial charge in [-0.3, -0.25) is 4.79 Å². The molecule has 27 heavy (non-hydrogen) atoms. The van der Waals surface area contributed by atoms with E-state index in [2.05, 4.69) is 13.8 Å². The minimum Gasteiger partial charge on any atom is -0.465 e. The van der Waals surface area contributed by atoms with E-state index in [9.17, 15) is 9.59 Å². The Hall–Kier alpha value is -1.26. The van der Waals surface area contributed by atoms with E-state index >= 15 is 0 Å². The van der Waals surface area contributed by atoms with E-state index < -0.39 is 0 Å². The number of carbonyl (C=O) groups excluding carboxylic acids is 2. The van der Waals surface area contributed by atoms with Gasteiger partial charge in [-0.15, -0.1) is 0 Å². The molecule has 5 heteroatoms. The van der Waals surface area contributed by atoms with Gasteiger partial charge in [0.1, 0.15) is 0 Å². The molecule has 0 spiro atoms. The topological polar surface area (TPSA) is 55.8 Å². The summed E-state index contributed by atoms with van der Waals surface area (Å²) < 4.78 is 10.7. The lowest BCUT2D eigenvalue weighted by Gasteiger charge is -2.29. The van der Waals surface area contributed by atoms with Crippen LogP contribution in [0.4, 0.5) is 4.79 Å². The first-order valence-corrected chi connectivity index (χ1v) is 10.8. The summed E-state index contributed by atoms with van der Waals surface area (Å²) in [5.74, 6) is 0.957. The van der Waals surface area contributed by atoms with Crippen molar-refractivity contribution in [2.24, 2.45) is 23.7 Å². The zero-order valence-electron chi connectivity index (χ0n) is 18.8. The molecular weight excluding hydrogens is 342 g/mol. The predicted octanol–water partition coefficient (Wildman–Crippen LogP) is 5.52. The molecule has 0 aliphatic carbocycles. The Balaban J connectivity index is 4.79. The minimum absolute atomic E-state index is 0.0416. The highest BCUT2D eigenvalue weighted by atomic mass is 16.6. The molecule has 0 aromatic rings. The van der Waals surface area contributed by atoms with Crippen LogP contribution in [0.1, 0.15) is 80.6 Å². The number of nitrogens with zero attached hydrogens (tertiary/aromatic N) is 1. The third kappa shape index (κ3) is 13.5. The highest BCUT2D eigenvalue weighted by Gasteiger charge is 2.23. The van der Waals surface area contributed by atoms with Crippen molar-refractivity contribution in [1.82, 2.24) is 4.90 Å². The summed E-state index contributed by atoms with van der Waals surface area (Å²) in [7, 11) is 0. The number of unbranched alkanes of at least 4 members (excludes halogenated alkanes) is 1. The van der Waals surface area contributed by atoms with Crippen LogP contribution in [-0.4, -0.2) is 43.3 Å². The van der Waals surface area contributed by atoms with Crippen molar-refractivity contribution >= 4 is 12.1 Å². The fourth-order valence-corrected chi connectivity index (χ4v) is 2.83. The van der Waals surface area contributed by atoms with Crippen LogP contribution < -0.4 is 0 Å². The molecular formula is C22H43NO4. The lowest BCUT2D eigenvalue weighted by atomic mass is 9.98. The molecule has 0 aromatic carbocycles. The summed E-state index contributed by atoms with van der Waals surface area (Å²) in [5, 5.41) is 0. The van der Waals surface area contributed by atoms with Crippen LogP contribution in [0.3, 0.4) is 0 Å². The number of amides is 1. The highest BCUT2D eigenvalue weighted by molar-refractivity contribution is 5.70. The lowest BCUT2D eigenvalue weighted by molar-refractivity contribution is -0.145. The molecule has 2 atom stereocenters. The fraction of sp³-hybridized carbons (Fsp3) is 0.909. The van der Waals surface area contributed by atoms with Gasteiger partial charge in [-0.05, 0) is 30.1 Å². The number of hydrogen-bond acceptors (Lipinski definition) is 4. The Kier molecular flexibility index (Phi) is 14.1. The Morgan fingerprint density at radius 3 is 2.00 bits per heavy atom. The molecule has 0 N–H and O–H groups in total. The summed E-state index contributed by atoms with van der Waals surface area (Å²) in [6.45, 7) is 16.5. The van der Waals surface area contributed by atoms with Gasteiger partial charge < -0.3 is 14.4 Å². The smallest absolute Gasteiger partial charge is 0.409 e. The van der Waals surface area contributed by atoms with Crippen molar-refractivity contribution in [3.63, 3.8) is 0 Å². The summed E-state index contributed by atoms with van der Waals surface area (Å²) in [6.07, 6.45) is 4.55. The molecule has 0 radical (unpaired) electrons. The maximum atomic E-state index is 12.6. The summed E-state index contributed by atoms with van der Waals surface area (Å²) in [5.41, 5.74) is 0. The van der Waals surface area contributed by atoms with Crippen molar-refractivity contribution < 1.29 is 19.1 Å². The van der Waals surface area contributed by atoms with Crippen LogP contribution in [0.2, 0.25) is 0 Å². The molecule has 160 valence electrons. The number of esters is 1. The average Bonchev–Trinajstić information content (AvgIpc) is 2.60. The number of hydrogen-bond donors (Lipinski definition) is 0. The molecule has 0 heterocycles. The van der Waals surface area contributed by atoms with E-state index in [1.165, 1.54) is 6.42 Å². The van der Waals surface area contributed by atoms with Gasteiger partial charge >= 0.3 is 12.1 Å². The molecule has 0 fully saturated rings. The average molecular weight is 386 g/mol. The first-order valence-electron chi connectivity index (χ1n) is 10.8. The van der Waals surface area contributed by atoms with Gasteiger partial charge in [0.15, 0.2) is 0 Å². The first kappa shape index (κ1) is 25.7. The molecule has 0 rings (SSSR count). The van der Waals surface area contributed by atoms with Crippen molar-refractivity contribution in [2.45, 2.75) is 80.6 Å². The SMILES string of the molecule is CCCCC(CC)CN(CC(C)CC(=O)OCC(C)C)C(=O)OCC(C)C. The maximum absolute atomic E-state index is 12.6. The van der Waals surface area contributed by atoms with Crippen molar-refractivity contribution in [1.29, 1.82) is 0 Å². The van der Waals surface area contributed by atoms with Crippen LogP contribution in [0.25, 0.3) is 0 Å². The predicted molar refractivity (Wildman–Crippen MR) is 111 cm³/mol. The third-order valence-corrected chi connectivity index (χ3v) is 4.45. The van der Waals surface area contributed by atoms with E-state index in [4.69, 9.17) is 9.47 Å². The molecule has 5 nitrogen and oxygen atoms in total. The molecule has 0 aromatic heterocycles. The van der Waals surface area contributed by atoms with E-state index in [0.29, 0.717) is 50.5 Å². The third-order valence-electron chi connectivity index (χ3n) is 4.45. The second kappa shape index (κ2) is 14.8. The van der Waals surface area contributed by atoms with Gasteiger partial charge in [-0.1, -0.05) is 67.7 Å². The van der Waals surface area contributed by atoms with Crippen molar-refractivity contribution in [3.05, 3.63) is 0 Å². The maximum Gasteiger partial charge on any atom is 0.409 e. The fourth-order valence-electron chi connectivity index (χ4n) is 2.83. The standard InChI is InChI=1S/C22H43NO4/c1-8-10-11-20(9-2)14-23(22(25)27-16-18(5)6)13-19(7)12-21(24)26-15-17(3)4/h17-20H,8-16H2,1-7H3. The van der Waals surface area contributed by atoms with Crippen molar-refractivity contribution in [2.75, 3.05) is 26.3 Å². The molecule has 1 amide bonds. The molecule has 0 bridgehead atoms. The van der Waals surface area contributed by atoms with Crippen LogP contribution >= 0.6 is 0 Å². The molecule has 0 saturated heterocycles. The summed E-state index contributed by atoms with van der Waals surface area (Å²) in [4.78, 5) is 26.4. The number of carbonyl (C=O) groups is 2. The van der Waals surface area contributed by atoms with Gasteiger partial charge in [0.05, 0.1) is 13.2 Å². The van der Waals surface area contributed by atoms with E-state index in [1.807, 2.05) is 34.6 Å². The van der Waals surface area contributed by atoms with Crippen LogP contribution in [-0.2, 0) is 14.3 Å². The van der Waals surface area contributed by atoms with Gasteiger partial charge in [-0.2, -0.15) is 0 Å². The first-order chi connectivity index (χ1) is 12.7. The molecule has 0 saturated carbocycles. The summed E-state index contributed by atoms with van der Waals surface area (Å²) >= 11 is 0. The Labute approximate surface area is 167 Å². The Morgan fingerprint density at radius 2 is 1.48 bits per heavy atom. The van der Waals surface area contributed by atoms with E-state index in [0.717, 1.165) is 19.3 Å². The second-order valence-corrected chi connectivity index (χ2v) is 8.68. The second-order valence-electron chi connectivity index (χ2n) is 8.68. The minimum atomic E-state index is -0.263. The van der Waals surface area contributed by atoms with Gasteiger partial charge in [0, 0.05) is 19.5 Å².